The predicted octanol–water partition coefficient (Wildman–Crippen LogP) is 4.15. The standard InChI is InChI=1S/C10H21N3.C2HF6NS/c1-3-5-7-12-8-9-13(10-12)11-6-4-2;3-1(4,5)10(9)2(6,7)8/h8-9,11H,3-7,10H2,1-2H3;9H. The molecule has 0 atom stereocenters. The fraction of sp³-hybridized carbons (Fsp3) is 0.833. The van der Waals surface area contributed by atoms with Gasteiger partial charge in [0, 0.05) is 25.5 Å². The highest BCUT2D eigenvalue weighted by atomic mass is 32.2. The summed E-state index contributed by atoms with van der Waals surface area (Å²) in [6.45, 7) is 7.65. The Kier molecular flexibility index (Phi) is 9.59. The third-order valence-corrected chi connectivity index (χ3v) is 3.54. The van der Waals surface area contributed by atoms with Gasteiger partial charge < -0.3 is 4.90 Å². The van der Waals surface area contributed by atoms with Gasteiger partial charge in [0.1, 0.15) is 17.4 Å². The molecule has 0 aliphatic carbocycles. The van der Waals surface area contributed by atoms with Crippen LogP contribution < -0.4 is 5.43 Å². The molecule has 0 bridgehead atoms. The molecule has 0 aromatic heterocycles. The van der Waals surface area contributed by atoms with Crippen LogP contribution in [0.4, 0.5) is 26.3 Å². The topological polar surface area (TPSA) is 42.4 Å². The van der Waals surface area contributed by atoms with Crippen LogP contribution in [0.25, 0.3) is 0 Å². The van der Waals surface area contributed by atoms with Gasteiger partial charge in [-0.15, -0.1) is 0 Å². The zero-order valence-electron chi connectivity index (χ0n) is 13.0. The summed E-state index contributed by atoms with van der Waals surface area (Å²) in [5.41, 5.74) is -7.63. The molecule has 0 saturated heterocycles. The lowest BCUT2D eigenvalue weighted by Crippen LogP contribution is -2.36. The number of hydrogen-bond acceptors (Lipinski definition) is 4. The van der Waals surface area contributed by atoms with Crippen LogP contribution in [-0.2, 0) is 10.7 Å². The second-order valence-electron chi connectivity index (χ2n) is 4.68. The van der Waals surface area contributed by atoms with Gasteiger partial charge in [0.15, 0.2) is 0 Å². The maximum atomic E-state index is 11.0. The molecule has 0 saturated carbocycles. The molecule has 0 radical (unpaired) electrons. The molecule has 0 spiro atoms. The highest BCUT2D eigenvalue weighted by Gasteiger charge is 2.50. The van der Waals surface area contributed by atoms with Gasteiger partial charge in [0.25, 0.3) is 0 Å². The first-order chi connectivity index (χ1) is 10.5. The van der Waals surface area contributed by atoms with E-state index in [4.69, 9.17) is 4.78 Å². The van der Waals surface area contributed by atoms with Crippen molar-refractivity contribution in [1.29, 1.82) is 4.78 Å². The van der Waals surface area contributed by atoms with Crippen molar-refractivity contribution in [1.82, 2.24) is 15.3 Å². The third kappa shape index (κ3) is 9.69. The molecular formula is C12H22F6N4S. The maximum Gasteiger partial charge on any atom is 0.460 e. The predicted molar refractivity (Wildman–Crippen MR) is 77.9 cm³/mol. The Balaban J connectivity index is 0.000000438. The number of alkyl halides is 6. The Morgan fingerprint density at radius 3 is 2.00 bits per heavy atom. The molecule has 23 heavy (non-hydrogen) atoms. The zero-order valence-corrected chi connectivity index (χ0v) is 13.8. The fourth-order valence-corrected chi connectivity index (χ4v) is 1.72. The van der Waals surface area contributed by atoms with Crippen molar-refractivity contribution in [3.63, 3.8) is 0 Å². The van der Waals surface area contributed by atoms with Crippen molar-refractivity contribution < 1.29 is 26.3 Å². The van der Waals surface area contributed by atoms with Gasteiger partial charge in [-0.3, -0.25) is 9.79 Å². The lowest BCUT2D eigenvalue weighted by atomic mass is 10.3. The van der Waals surface area contributed by atoms with Crippen LogP contribution in [0, 0.1) is 4.78 Å². The monoisotopic (exact) mass is 368 g/mol. The fourth-order valence-electron chi connectivity index (χ4n) is 1.46. The molecule has 4 nitrogen and oxygen atoms in total. The number of unbranched alkanes of at least 4 members (excludes halogenated alkanes) is 1. The van der Waals surface area contributed by atoms with E-state index in [-0.39, 0.29) is 0 Å². The Bertz CT molecular complexity index is 351. The lowest BCUT2D eigenvalue weighted by Gasteiger charge is -2.21. The van der Waals surface area contributed by atoms with E-state index in [1.807, 2.05) is 0 Å². The molecule has 11 heteroatoms. The van der Waals surface area contributed by atoms with Gasteiger partial charge in [-0.05, 0) is 12.8 Å². The summed E-state index contributed by atoms with van der Waals surface area (Å²) in [6, 6.07) is 0. The summed E-state index contributed by atoms with van der Waals surface area (Å²) >= 11 is 0. The number of nitrogens with zero attached hydrogens (tertiary/aromatic N) is 2. The lowest BCUT2D eigenvalue weighted by molar-refractivity contribution is -0.0754. The minimum absolute atomic E-state index is 1.00. The minimum Gasteiger partial charge on any atom is -0.357 e. The zero-order chi connectivity index (χ0) is 18.1. The Morgan fingerprint density at radius 2 is 1.61 bits per heavy atom. The summed E-state index contributed by atoms with van der Waals surface area (Å²) in [4.78, 5) is 2.34. The Hall–Kier alpha value is -0.970. The number of hydrazine groups is 1. The van der Waals surface area contributed by atoms with Crippen LogP contribution in [0.3, 0.4) is 0 Å². The molecule has 1 aliphatic heterocycles. The largest absolute Gasteiger partial charge is 0.460 e. The molecule has 0 fully saturated rings. The van der Waals surface area contributed by atoms with Crippen molar-refractivity contribution in [2.45, 2.75) is 44.1 Å². The molecule has 1 heterocycles. The van der Waals surface area contributed by atoms with E-state index in [0.717, 1.165) is 13.2 Å². The average Bonchev–Trinajstić information content (AvgIpc) is 2.88. The summed E-state index contributed by atoms with van der Waals surface area (Å²) < 4.78 is 72.0. The first-order valence-corrected chi connectivity index (χ1v) is 8.26. The highest BCUT2D eigenvalue weighted by Crippen LogP contribution is 2.33. The SMILES string of the molecule is CCCCN1C=CN(NCCC)C1.N=S(C(F)(F)F)C(F)(F)F. The van der Waals surface area contributed by atoms with Gasteiger partial charge in [-0.25, -0.2) is 5.43 Å². The number of halogens is 6. The highest BCUT2D eigenvalue weighted by molar-refractivity contribution is 7.87. The molecule has 0 amide bonds. The number of hydrogen-bond donors (Lipinski definition) is 2. The van der Waals surface area contributed by atoms with Crippen LogP contribution in [0.5, 0.6) is 0 Å². The normalized spacial score (nSPS) is 15.2. The second-order valence-corrected chi connectivity index (χ2v) is 6.22. The van der Waals surface area contributed by atoms with Crippen molar-refractivity contribution in [3.8, 4) is 0 Å². The first-order valence-electron chi connectivity index (χ1n) is 7.04. The third-order valence-electron chi connectivity index (χ3n) is 2.62. The maximum absolute atomic E-state index is 11.0. The first kappa shape index (κ1) is 22.0. The van der Waals surface area contributed by atoms with E-state index < -0.39 is 21.7 Å². The van der Waals surface area contributed by atoms with Crippen LogP contribution in [0.1, 0.15) is 33.1 Å². The number of rotatable bonds is 6. The molecule has 2 N–H and O–H groups in total. The molecule has 1 aliphatic rings. The second kappa shape index (κ2) is 10.0. The van der Waals surface area contributed by atoms with Gasteiger partial charge >= 0.3 is 11.0 Å². The van der Waals surface area contributed by atoms with E-state index in [0.29, 0.717) is 0 Å². The smallest absolute Gasteiger partial charge is 0.357 e. The van der Waals surface area contributed by atoms with E-state index in [9.17, 15) is 26.3 Å². The van der Waals surface area contributed by atoms with E-state index in [1.54, 1.807) is 0 Å². The van der Waals surface area contributed by atoms with Gasteiger partial charge in [0.05, 0.1) is 0 Å². The van der Waals surface area contributed by atoms with Crippen LogP contribution >= 0.6 is 0 Å². The van der Waals surface area contributed by atoms with E-state index >= 15 is 0 Å². The quantitative estimate of drug-likeness (QED) is 0.692. The molecule has 0 aromatic rings. The average molecular weight is 368 g/mol. The molecular weight excluding hydrogens is 346 g/mol. The van der Waals surface area contributed by atoms with Crippen LogP contribution in [0.15, 0.2) is 12.4 Å². The van der Waals surface area contributed by atoms with Crippen molar-refractivity contribution in [2.24, 2.45) is 0 Å². The van der Waals surface area contributed by atoms with E-state index in [2.05, 4.69) is 41.6 Å². The van der Waals surface area contributed by atoms with E-state index in [1.165, 1.54) is 25.8 Å². The van der Waals surface area contributed by atoms with Gasteiger partial charge in [-0.1, -0.05) is 20.3 Å². The molecule has 1 rings (SSSR count). The molecule has 0 aromatic carbocycles. The Labute approximate surface area is 134 Å². The van der Waals surface area contributed by atoms with Crippen LogP contribution in [-0.4, -0.2) is 40.7 Å². The van der Waals surface area contributed by atoms with Crippen LogP contribution in [0.2, 0.25) is 0 Å². The summed E-state index contributed by atoms with van der Waals surface area (Å²) in [5.74, 6) is 0. The van der Waals surface area contributed by atoms with Gasteiger partial charge in [0.2, 0.25) is 0 Å². The summed E-state index contributed by atoms with van der Waals surface area (Å²) in [6.07, 6.45) is 8.02. The molecule has 138 valence electrons. The van der Waals surface area contributed by atoms with Crippen molar-refractivity contribution >= 4 is 10.7 Å². The molecule has 0 unspecified atom stereocenters. The summed E-state index contributed by atoms with van der Waals surface area (Å²) in [5, 5.41) is 2.15. The van der Waals surface area contributed by atoms with Crippen molar-refractivity contribution in [3.05, 3.63) is 12.4 Å². The summed E-state index contributed by atoms with van der Waals surface area (Å²) in [7, 11) is -4.25. The van der Waals surface area contributed by atoms with Gasteiger partial charge in [-0.2, -0.15) is 26.3 Å². The Morgan fingerprint density at radius 1 is 1.04 bits per heavy atom. The van der Waals surface area contributed by atoms with Crippen molar-refractivity contribution in [2.75, 3.05) is 19.8 Å². The minimum atomic E-state index is -5.49. The number of nitrogens with one attached hydrogen (secondary N) is 2.